The van der Waals surface area contributed by atoms with Crippen LogP contribution in [0.15, 0.2) is 12.1 Å². The van der Waals surface area contributed by atoms with Crippen LogP contribution >= 0.6 is 11.6 Å². The lowest BCUT2D eigenvalue weighted by Gasteiger charge is -2.35. The van der Waals surface area contributed by atoms with Gasteiger partial charge in [-0.3, -0.25) is 10.1 Å². The summed E-state index contributed by atoms with van der Waals surface area (Å²) in [5.74, 6) is 0. The molecule has 0 atom stereocenters. The summed E-state index contributed by atoms with van der Waals surface area (Å²) in [5, 5.41) is 19.9. The van der Waals surface area contributed by atoms with E-state index in [1.807, 2.05) is 4.90 Å². The molecular formula is C11H13ClN4O4. The van der Waals surface area contributed by atoms with E-state index in [9.17, 15) is 14.9 Å². The molecule has 1 aromatic rings. The number of nitro groups is 1. The highest BCUT2D eigenvalue weighted by atomic mass is 35.5. The normalized spacial score (nSPS) is 15.2. The fraction of sp³-hybridized carbons (Fsp3) is 0.364. The monoisotopic (exact) mass is 300 g/mol. The number of nitrogens with two attached hydrogens (primary N) is 1. The Morgan fingerprint density at radius 3 is 2.45 bits per heavy atom. The van der Waals surface area contributed by atoms with E-state index in [0.717, 1.165) is 0 Å². The van der Waals surface area contributed by atoms with Crippen molar-refractivity contribution >= 4 is 34.8 Å². The molecule has 1 aliphatic rings. The van der Waals surface area contributed by atoms with Crippen molar-refractivity contribution in [2.75, 3.05) is 36.8 Å². The highest BCUT2D eigenvalue weighted by Gasteiger charge is 2.24. The van der Waals surface area contributed by atoms with Crippen molar-refractivity contribution in [3.05, 3.63) is 27.3 Å². The molecule has 0 unspecified atom stereocenters. The molecule has 2 rings (SSSR count). The Hall–Kier alpha value is -2.22. The zero-order chi connectivity index (χ0) is 14.9. The highest BCUT2D eigenvalue weighted by Crippen LogP contribution is 2.35. The van der Waals surface area contributed by atoms with Crippen LogP contribution in [0.2, 0.25) is 5.02 Å². The van der Waals surface area contributed by atoms with E-state index >= 15 is 0 Å². The first-order valence-corrected chi connectivity index (χ1v) is 6.24. The van der Waals surface area contributed by atoms with Gasteiger partial charge >= 0.3 is 6.09 Å². The number of hydrogen-bond donors (Lipinski definition) is 2. The lowest BCUT2D eigenvalue weighted by molar-refractivity contribution is -0.383. The van der Waals surface area contributed by atoms with Gasteiger partial charge in [-0.2, -0.15) is 0 Å². The fourth-order valence-electron chi connectivity index (χ4n) is 2.11. The Labute approximate surface area is 119 Å². The van der Waals surface area contributed by atoms with Gasteiger partial charge in [-0.15, -0.1) is 0 Å². The van der Waals surface area contributed by atoms with Crippen molar-refractivity contribution in [1.82, 2.24) is 4.90 Å². The zero-order valence-corrected chi connectivity index (χ0v) is 11.2. The van der Waals surface area contributed by atoms with E-state index in [1.165, 1.54) is 17.0 Å². The van der Waals surface area contributed by atoms with Gasteiger partial charge in [0.2, 0.25) is 0 Å². The van der Waals surface area contributed by atoms with Crippen molar-refractivity contribution < 1.29 is 14.8 Å². The van der Waals surface area contributed by atoms with Crippen molar-refractivity contribution in [2.24, 2.45) is 0 Å². The van der Waals surface area contributed by atoms with Crippen LogP contribution in [-0.2, 0) is 0 Å². The summed E-state index contributed by atoms with van der Waals surface area (Å²) >= 11 is 6.05. The topological polar surface area (TPSA) is 113 Å². The molecule has 8 nitrogen and oxygen atoms in total. The molecule has 1 heterocycles. The number of piperazine rings is 1. The molecule has 0 saturated carbocycles. The van der Waals surface area contributed by atoms with Crippen LogP contribution in [0, 0.1) is 10.1 Å². The lowest BCUT2D eigenvalue weighted by atomic mass is 10.2. The average Bonchev–Trinajstić information content (AvgIpc) is 2.40. The van der Waals surface area contributed by atoms with Gasteiger partial charge < -0.3 is 20.6 Å². The molecule has 0 aliphatic carbocycles. The van der Waals surface area contributed by atoms with Gasteiger partial charge in [-0.25, -0.2) is 4.79 Å². The third-order valence-corrected chi connectivity index (χ3v) is 3.49. The molecule has 0 aromatic heterocycles. The molecule has 1 aromatic carbocycles. The molecule has 20 heavy (non-hydrogen) atoms. The fourth-order valence-corrected chi connectivity index (χ4v) is 2.38. The first kappa shape index (κ1) is 14.2. The van der Waals surface area contributed by atoms with Gasteiger partial charge in [0.25, 0.3) is 5.69 Å². The minimum absolute atomic E-state index is 0.0371. The molecular weight excluding hydrogens is 288 g/mol. The third kappa shape index (κ3) is 2.69. The predicted molar refractivity (Wildman–Crippen MR) is 74.3 cm³/mol. The van der Waals surface area contributed by atoms with Crippen LogP contribution in [-0.4, -0.2) is 47.2 Å². The van der Waals surface area contributed by atoms with Gasteiger partial charge in [0.05, 0.1) is 15.6 Å². The van der Waals surface area contributed by atoms with E-state index in [2.05, 4.69) is 0 Å². The number of hydrogen-bond acceptors (Lipinski definition) is 5. The summed E-state index contributed by atoms with van der Waals surface area (Å²) in [7, 11) is 0. The van der Waals surface area contributed by atoms with Gasteiger partial charge in [-0.1, -0.05) is 11.6 Å². The number of anilines is 2. The third-order valence-electron chi connectivity index (χ3n) is 3.18. The molecule has 1 amide bonds. The van der Waals surface area contributed by atoms with Crippen LogP contribution in [0.3, 0.4) is 0 Å². The number of nitro benzene ring substituents is 1. The Balaban J connectivity index is 2.20. The van der Waals surface area contributed by atoms with Gasteiger partial charge in [0, 0.05) is 32.2 Å². The van der Waals surface area contributed by atoms with E-state index in [0.29, 0.717) is 31.9 Å². The number of rotatable bonds is 2. The number of carboxylic acid groups (broad SMARTS) is 1. The van der Waals surface area contributed by atoms with E-state index in [-0.39, 0.29) is 16.4 Å². The molecule has 0 radical (unpaired) electrons. The standard InChI is InChI=1S/C11H13ClN4O4/c12-7-5-10(16(19)20)8(13)6-9(7)14-1-3-15(4-2-14)11(17)18/h5-6H,1-4,13H2,(H,17,18). The lowest BCUT2D eigenvalue weighted by Crippen LogP contribution is -2.48. The predicted octanol–water partition coefficient (Wildman–Crippen LogP) is 1.63. The summed E-state index contributed by atoms with van der Waals surface area (Å²) < 4.78 is 0. The maximum Gasteiger partial charge on any atom is 0.407 e. The summed E-state index contributed by atoms with van der Waals surface area (Å²) in [4.78, 5) is 24.2. The summed E-state index contributed by atoms with van der Waals surface area (Å²) in [6, 6.07) is 2.67. The maximum absolute atomic E-state index is 10.8. The molecule has 9 heteroatoms. The Kier molecular flexibility index (Phi) is 3.84. The Morgan fingerprint density at radius 2 is 1.95 bits per heavy atom. The van der Waals surface area contributed by atoms with Crippen molar-refractivity contribution in [3.8, 4) is 0 Å². The second kappa shape index (κ2) is 5.41. The minimum Gasteiger partial charge on any atom is -0.465 e. The average molecular weight is 301 g/mol. The number of carbonyl (C=O) groups is 1. The summed E-state index contributed by atoms with van der Waals surface area (Å²) in [5.41, 5.74) is 6.03. The van der Waals surface area contributed by atoms with Crippen LogP contribution in [0.5, 0.6) is 0 Å². The number of amides is 1. The van der Waals surface area contributed by atoms with Gasteiger partial charge in [0.1, 0.15) is 5.69 Å². The molecule has 1 saturated heterocycles. The van der Waals surface area contributed by atoms with Crippen LogP contribution in [0.1, 0.15) is 0 Å². The highest BCUT2D eigenvalue weighted by molar-refractivity contribution is 6.33. The van der Waals surface area contributed by atoms with Crippen LogP contribution < -0.4 is 10.6 Å². The van der Waals surface area contributed by atoms with Crippen molar-refractivity contribution in [2.45, 2.75) is 0 Å². The SMILES string of the molecule is Nc1cc(N2CCN(C(=O)O)CC2)c(Cl)cc1[N+](=O)[O-]. The molecule has 0 bridgehead atoms. The maximum atomic E-state index is 10.8. The van der Waals surface area contributed by atoms with Gasteiger partial charge in [0.15, 0.2) is 0 Å². The second-order valence-corrected chi connectivity index (χ2v) is 4.78. The van der Waals surface area contributed by atoms with Crippen molar-refractivity contribution in [3.63, 3.8) is 0 Å². The second-order valence-electron chi connectivity index (χ2n) is 4.38. The number of nitrogens with zero attached hydrogens (tertiary/aromatic N) is 3. The first-order valence-electron chi connectivity index (χ1n) is 5.86. The van der Waals surface area contributed by atoms with Gasteiger partial charge in [-0.05, 0) is 6.07 Å². The number of halogens is 1. The quantitative estimate of drug-likeness (QED) is 0.487. The van der Waals surface area contributed by atoms with E-state index in [4.69, 9.17) is 22.4 Å². The summed E-state index contributed by atoms with van der Waals surface area (Å²) in [6.07, 6.45) is -0.959. The zero-order valence-electron chi connectivity index (χ0n) is 10.5. The molecule has 0 spiro atoms. The molecule has 1 fully saturated rings. The number of benzene rings is 1. The summed E-state index contributed by atoms with van der Waals surface area (Å²) in [6.45, 7) is 1.62. The van der Waals surface area contributed by atoms with E-state index < -0.39 is 11.0 Å². The smallest absolute Gasteiger partial charge is 0.407 e. The van der Waals surface area contributed by atoms with Crippen LogP contribution in [0.4, 0.5) is 21.9 Å². The number of nitrogen functional groups attached to an aromatic ring is 1. The Morgan fingerprint density at radius 1 is 1.35 bits per heavy atom. The molecule has 108 valence electrons. The van der Waals surface area contributed by atoms with Crippen molar-refractivity contribution in [1.29, 1.82) is 0 Å². The van der Waals surface area contributed by atoms with E-state index in [1.54, 1.807) is 0 Å². The first-order chi connectivity index (χ1) is 9.40. The largest absolute Gasteiger partial charge is 0.465 e. The molecule has 3 N–H and O–H groups in total. The van der Waals surface area contributed by atoms with Crippen LogP contribution in [0.25, 0.3) is 0 Å². The minimum atomic E-state index is -0.959. The Bertz CT molecular complexity index is 558. The molecule has 1 aliphatic heterocycles.